The van der Waals surface area contributed by atoms with Crippen LogP contribution in [-0.4, -0.2) is 106 Å². The lowest BCUT2D eigenvalue weighted by Gasteiger charge is -2.36. The molecule has 3 amide bonds. The van der Waals surface area contributed by atoms with Crippen LogP contribution in [0.3, 0.4) is 0 Å². The van der Waals surface area contributed by atoms with Crippen molar-refractivity contribution in [1.82, 2.24) is 25.5 Å². The van der Waals surface area contributed by atoms with E-state index in [9.17, 15) is 24.3 Å². The Kier molecular flexibility index (Phi) is 11.7. The van der Waals surface area contributed by atoms with Gasteiger partial charge in [-0.1, -0.05) is 45.7 Å². The number of amides is 3. The minimum Gasteiger partial charge on any atom is -0.495 e. The molecule has 4 N–H and O–H groups in total. The number of carbonyl (C=O) groups is 4. The Bertz CT molecular complexity index is 2060. The number of thiazole rings is 1. The molecule has 1 aliphatic carbocycles. The summed E-state index contributed by atoms with van der Waals surface area (Å²) in [5, 5.41) is 22.6. The number of benzene rings is 1. The van der Waals surface area contributed by atoms with Crippen molar-refractivity contribution in [1.29, 1.82) is 0 Å². The topological polar surface area (TPSA) is 191 Å². The number of hydrogen-bond donors (Lipinski definition) is 4. The van der Waals surface area contributed by atoms with Crippen molar-refractivity contribution >= 4 is 62.8 Å². The van der Waals surface area contributed by atoms with Crippen LogP contribution in [0, 0.1) is 11.3 Å². The minimum atomic E-state index is -1.42. The summed E-state index contributed by atoms with van der Waals surface area (Å²) in [5.74, 6) is -1.67. The third-order valence-corrected chi connectivity index (χ3v) is 12.7. The molecule has 314 valence electrons. The highest BCUT2D eigenvalue weighted by Crippen LogP contribution is 2.47. The number of pyridine rings is 1. The van der Waals surface area contributed by atoms with Crippen LogP contribution < -0.4 is 25.4 Å². The molecule has 3 aliphatic heterocycles. The van der Waals surface area contributed by atoms with Gasteiger partial charge in [-0.15, -0.1) is 11.3 Å². The number of hydrogen-bond acceptors (Lipinski definition) is 12. The SMILES string of the molecule is CCC1C[C@]1(NC(=O)[C@@H]1C[C@@H](Oc2cc(-c3csc(NC(C)C)n3)nc3c(Cl)c(OC)ccc23)CN1C(=O)[C@@H](NC(=O)OC1C[C@H]2CC[C@@H](C1)O2)C(C)(C)C)C(=O)O. The number of carbonyl (C=O) groups excluding carboxylic acids is 3. The number of aliphatic carboxylic acids is 1. The van der Waals surface area contributed by atoms with Crippen molar-refractivity contribution in [3.05, 3.63) is 28.6 Å². The number of rotatable bonds is 13. The largest absolute Gasteiger partial charge is 0.495 e. The molecule has 4 fully saturated rings. The number of halogens is 1. The highest BCUT2D eigenvalue weighted by atomic mass is 35.5. The first-order chi connectivity index (χ1) is 27.5. The highest BCUT2D eigenvalue weighted by Gasteiger charge is 2.61. The van der Waals surface area contributed by atoms with E-state index in [1.165, 1.54) is 23.3 Å². The molecule has 17 heteroatoms. The van der Waals surface area contributed by atoms with Crippen molar-refractivity contribution in [2.24, 2.45) is 11.3 Å². The molecule has 8 atom stereocenters. The number of methoxy groups -OCH3 is 1. The Hall–Kier alpha value is -4.41. The van der Waals surface area contributed by atoms with E-state index < -0.39 is 53.0 Å². The average molecular weight is 841 g/mol. The van der Waals surface area contributed by atoms with Crippen LogP contribution >= 0.6 is 22.9 Å². The lowest BCUT2D eigenvalue weighted by molar-refractivity contribution is -0.146. The third-order valence-electron chi connectivity index (χ3n) is 11.6. The van der Waals surface area contributed by atoms with Gasteiger partial charge >= 0.3 is 12.1 Å². The number of anilines is 1. The van der Waals surface area contributed by atoms with E-state index in [1.54, 1.807) is 18.2 Å². The zero-order valence-corrected chi connectivity index (χ0v) is 35.5. The minimum absolute atomic E-state index is 0.0387. The molecule has 7 rings (SSSR count). The number of nitrogens with zero attached hydrogens (tertiary/aromatic N) is 3. The molecule has 1 saturated carbocycles. The second kappa shape index (κ2) is 16.3. The van der Waals surface area contributed by atoms with Crippen LogP contribution in [0.5, 0.6) is 11.5 Å². The summed E-state index contributed by atoms with van der Waals surface area (Å²) >= 11 is 8.26. The Balaban J connectivity index is 1.19. The highest BCUT2D eigenvalue weighted by molar-refractivity contribution is 7.14. The molecular formula is C41H53ClN6O9S. The van der Waals surface area contributed by atoms with E-state index in [2.05, 4.69) is 16.0 Å². The number of fused-ring (bicyclic) bond motifs is 3. The molecule has 3 aromatic rings. The summed E-state index contributed by atoms with van der Waals surface area (Å²) in [5.41, 5.74) is -0.735. The predicted octanol–water partition coefficient (Wildman–Crippen LogP) is 6.41. The van der Waals surface area contributed by atoms with E-state index in [4.69, 9.17) is 40.5 Å². The first kappa shape index (κ1) is 41.7. The molecule has 15 nitrogen and oxygen atoms in total. The maximum atomic E-state index is 14.8. The number of carboxylic acid groups (broad SMARTS) is 1. The van der Waals surface area contributed by atoms with Gasteiger partial charge in [-0.05, 0) is 56.6 Å². The second-order valence-electron chi connectivity index (χ2n) is 17.3. The van der Waals surface area contributed by atoms with Crippen molar-refractivity contribution in [2.75, 3.05) is 19.0 Å². The number of nitrogens with one attached hydrogen (secondary N) is 3. The normalized spacial score (nSPS) is 26.9. The summed E-state index contributed by atoms with van der Waals surface area (Å²) in [6, 6.07) is 3.21. The van der Waals surface area contributed by atoms with Crippen molar-refractivity contribution in [3.63, 3.8) is 0 Å². The summed E-state index contributed by atoms with van der Waals surface area (Å²) in [6.07, 6.45) is 2.26. The fourth-order valence-electron chi connectivity index (χ4n) is 8.47. The molecular weight excluding hydrogens is 788 g/mol. The van der Waals surface area contributed by atoms with Gasteiger partial charge in [0.25, 0.3) is 0 Å². The summed E-state index contributed by atoms with van der Waals surface area (Å²) in [4.78, 5) is 65.9. The fraction of sp³-hybridized carbons (Fsp3) is 0.610. The van der Waals surface area contributed by atoms with Crippen molar-refractivity contribution in [3.8, 4) is 22.9 Å². The van der Waals surface area contributed by atoms with E-state index in [-0.39, 0.29) is 54.7 Å². The quantitative estimate of drug-likeness (QED) is 0.148. The zero-order chi connectivity index (χ0) is 41.7. The van der Waals surface area contributed by atoms with Gasteiger partial charge < -0.3 is 44.9 Å². The van der Waals surface area contributed by atoms with Gasteiger partial charge in [0.05, 0.1) is 37.1 Å². The zero-order valence-electron chi connectivity index (χ0n) is 33.9. The van der Waals surface area contributed by atoms with Gasteiger partial charge in [0.15, 0.2) is 5.13 Å². The number of likely N-dealkylation sites (tertiary alicyclic amines) is 1. The van der Waals surface area contributed by atoms with Gasteiger partial charge in [-0.2, -0.15) is 0 Å². The third kappa shape index (κ3) is 8.51. The Morgan fingerprint density at radius 1 is 1.07 bits per heavy atom. The van der Waals surface area contributed by atoms with E-state index in [0.717, 1.165) is 18.0 Å². The monoisotopic (exact) mass is 840 g/mol. The Morgan fingerprint density at radius 2 is 1.79 bits per heavy atom. The molecule has 3 saturated heterocycles. The van der Waals surface area contributed by atoms with Gasteiger partial charge in [-0.3, -0.25) is 9.59 Å². The molecule has 0 radical (unpaired) electrons. The lowest BCUT2D eigenvalue weighted by Crippen LogP contribution is -2.59. The van der Waals surface area contributed by atoms with Crippen molar-refractivity contribution < 1.29 is 43.2 Å². The summed E-state index contributed by atoms with van der Waals surface area (Å²) in [7, 11) is 1.51. The lowest BCUT2D eigenvalue weighted by atomic mass is 9.85. The van der Waals surface area contributed by atoms with E-state index in [0.29, 0.717) is 53.1 Å². The number of alkyl carbamates (subject to hydrolysis) is 1. The van der Waals surface area contributed by atoms with Gasteiger partial charge in [-0.25, -0.2) is 19.6 Å². The first-order valence-corrected chi connectivity index (χ1v) is 21.3. The smallest absolute Gasteiger partial charge is 0.408 e. The van der Waals surface area contributed by atoms with Gasteiger partial charge in [0, 0.05) is 42.1 Å². The van der Waals surface area contributed by atoms with Gasteiger partial charge in [0.1, 0.15) is 52.0 Å². The van der Waals surface area contributed by atoms with Crippen molar-refractivity contribution in [2.45, 2.75) is 135 Å². The number of aromatic nitrogens is 2. The standard InChI is InChI=1S/C41H53ClN6O9S/c1-8-21-17-41(21,37(51)52)47-35(49)29-15-25(18-48(29)36(50)34(40(4,5)6)46-39(53)57-24-13-22-9-10-23(14-24)55-22)56-31-16-27(28-19-58-38(45-28)43-20(2)3)44-33-26(31)11-12-30(54-7)32(33)42/h11-12,16,19-25,29,34H,8-10,13-15,17-18H2,1-7H3,(H,43,45)(H,46,53)(H,47,49)(H,51,52)/t21?,22-,23+,24?,25-,29+,34-,41-/m1/s1. The maximum absolute atomic E-state index is 14.8. The van der Waals surface area contributed by atoms with Crippen LogP contribution in [0.1, 0.15) is 86.5 Å². The number of carboxylic acids is 1. The first-order valence-electron chi connectivity index (χ1n) is 20.0. The van der Waals surface area contributed by atoms with E-state index in [1.807, 2.05) is 46.9 Å². The molecule has 2 unspecified atom stereocenters. The second-order valence-corrected chi connectivity index (χ2v) is 18.5. The van der Waals surface area contributed by atoms with Gasteiger partial charge in [0.2, 0.25) is 11.8 Å². The summed E-state index contributed by atoms with van der Waals surface area (Å²) in [6.45, 7) is 11.3. The van der Waals surface area contributed by atoms with Crippen LogP contribution in [0.4, 0.5) is 9.93 Å². The summed E-state index contributed by atoms with van der Waals surface area (Å²) < 4.78 is 24.0. The molecule has 58 heavy (non-hydrogen) atoms. The van der Waals surface area contributed by atoms with Crippen LogP contribution in [0.15, 0.2) is 23.6 Å². The fourth-order valence-corrected chi connectivity index (χ4v) is 9.61. The van der Waals surface area contributed by atoms with Crippen LogP contribution in [0.2, 0.25) is 5.02 Å². The molecule has 1 aromatic carbocycles. The van der Waals surface area contributed by atoms with E-state index >= 15 is 0 Å². The van der Waals surface area contributed by atoms with Crippen LogP contribution in [0.25, 0.3) is 22.3 Å². The molecule has 5 heterocycles. The Labute approximate surface area is 346 Å². The molecule has 4 aliphatic rings. The molecule has 2 aromatic heterocycles. The van der Waals surface area contributed by atoms with Crippen LogP contribution in [-0.2, 0) is 23.9 Å². The Morgan fingerprint density at radius 3 is 2.41 bits per heavy atom. The number of ether oxygens (including phenoxy) is 4. The average Bonchev–Trinajstić information content (AvgIpc) is 3.42. The maximum Gasteiger partial charge on any atom is 0.408 e. The predicted molar refractivity (Wildman–Crippen MR) is 218 cm³/mol. The molecule has 2 bridgehead atoms. The molecule has 0 spiro atoms.